The maximum Gasteiger partial charge on any atom is 0.255 e. The van der Waals surface area contributed by atoms with Crippen LogP contribution in [0.3, 0.4) is 0 Å². The van der Waals surface area contributed by atoms with Gasteiger partial charge < -0.3 is 5.32 Å². The molecule has 1 amide bonds. The number of carbonyl (C=O) groups is 1. The van der Waals surface area contributed by atoms with Crippen LogP contribution in [-0.4, -0.2) is 5.91 Å². The zero-order chi connectivity index (χ0) is 15.4. The minimum Gasteiger partial charge on any atom is -0.321 e. The summed E-state index contributed by atoms with van der Waals surface area (Å²) in [6, 6.07) is 15.3. The molecule has 1 fully saturated rings. The summed E-state index contributed by atoms with van der Waals surface area (Å²) in [4.78, 5) is 12.3. The van der Waals surface area contributed by atoms with Crippen molar-refractivity contribution in [2.24, 2.45) is 0 Å². The Labute approximate surface area is 136 Å². The maximum atomic E-state index is 12.3. The smallest absolute Gasteiger partial charge is 0.255 e. The third-order valence-electron chi connectivity index (χ3n) is 4.37. The molecule has 2 aromatic carbocycles. The molecule has 0 spiro atoms. The second-order valence-electron chi connectivity index (χ2n) is 5.89. The van der Waals surface area contributed by atoms with Gasteiger partial charge in [0.05, 0.1) is 10.7 Å². The maximum absolute atomic E-state index is 12.3. The summed E-state index contributed by atoms with van der Waals surface area (Å²) in [6.07, 6.45) is 6.53. The van der Waals surface area contributed by atoms with Crippen molar-refractivity contribution in [2.75, 3.05) is 5.32 Å². The van der Waals surface area contributed by atoms with Crippen LogP contribution in [0.1, 0.15) is 53.9 Å². The van der Waals surface area contributed by atoms with E-state index in [9.17, 15) is 4.79 Å². The van der Waals surface area contributed by atoms with Gasteiger partial charge in [-0.1, -0.05) is 55.1 Å². The number of rotatable bonds is 3. The Kier molecular flexibility index (Phi) is 4.79. The van der Waals surface area contributed by atoms with Crippen molar-refractivity contribution >= 4 is 23.2 Å². The lowest BCUT2D eigenvalue weighted by molar-refractivity contribution is 0.102. The summed E-state index contributed by atoms with van der Waals surface area (Å²) in [6.45, 7) is 0. The Bertz CT molecular complexity index is 645. The minimum atomic E-state index is -0.122. The van der Waals surface area contributed by atoms with Crippen molar-refractivity contribution in [3.63, 3.8) is 0 Å². The van der Waals surface area contributed by atoms with Crippen molar-refractivity contribution in [1.29, 1.82) is 0 Å². The highest BCUT2D eigenvalue weighted by Crippen LogP contribution is 2.32. The summed E-state index contributed by atoms with van der Waals surface area (Å²) >= 11 is 6.07. The fourth-order valence-corrected chi connectivity index (χ4v) is 3.28. The molecule has 0 radical (unpaired) electrons. The SMILES string of the molecule is O=C(Nc1ccccc1Cl)c1ccc(C2CCCCC2)cc1. The Morgan fingerprint density at radius 2 is 1.64 bits per heavy atom. The van der Waals surface area contributed by atoms with Crippen LogP contribution in [-0.2, 0) is 0 Å². The first kappa shape index (κ1) is 15.1. The van der Waals surface area contributed by atoms with Gasteiger partial charge in [0.2, 0.25) is 0 Å². The standard InChI is InChI=1S/C19H20ClNO/c20-17-8-4-5-9-18(17)21-19(22)16-12-10-15(11-13-16)14-6-2-1-3-7-14/h4-5,8-14H,1-3,6-7H2,(H,21,22). The molecule has 0 aromatic heterocycles. The van der Waals surface area contributed by atoms with Crippen LogP contribution in [0.25, 0.3) is 0 Å². The van der Waals surface area contributed by atoms with E-state index in [1.807, 2.05) is 24.3 Å². The molecule has 0 atom stereocenters. The largest absolute Gasteiger partial charge is 0.321 e. The number of carbonyl (C=O) groups excluding carboxylic acids is 1. The summed E-state index contributed by atoms with van der Waals surface area (Å²) in [7, 11) is 0. The van der Waals surface area contributed by atoms with Gasteiger partial charge in [-0.05, 0) is 48.6 Å². The second kappa shape index (κ2) is 6.97. The van der Waals surface area contributed by atoms with E-state index in [1.165, 1.54) is 37.7 Å². The van der Waals surface area contributed by atoms with Gasteiger partial charge in [0, 0.05) is 5.56 Å². The van der Waals surface area contributed by atoms with E-state index in [-0.39, 0.29) is 5.91 Å². The first-order chi connectivity index (χ1) is 10.7. The number of anilines is 1. The van der Waals surface area contributed by atoms with Crippen molar-refractivity contribution in [3.8, 4) is 0 Å². The molecule has 22 heavy (non-hydrogen) atoms. The number of amides is 1. The molecular weight excluding hydrogens is 294 g/mol. The third-order valence-corrected chi connectivity index (χ3v) is 4.70. The topological polar surface area (TPSA) is 29.1 Å². The van der Waals surface area contributed by atoms with Crippen LogP contribution in [0.15, 0.2) is 48.5 Å². The lowest BCUT2D eigenvalue weighted by atomic mass is 9.84. The zero-order valence-corrected chi connectivity index (χ0v) is 13.3. The first-order valence-corrected chi connectivity index (χ1v) is 8.27. The molecule has 114 valence electrons. The van der Waals surface area contributed by atoms with Gasteiger partial charge >= 0.3 is 0 Å². The molecule has 1 aliphatic rings. The van der Waals surface area contributed by atoms with Crippen molar-refractivity contribution in [3.05, 3.63) is 64.7 Å². The number of hydrogen-bond donors (Lipinski definition) is 1. The second-order valence-corrected chi connectivity index (χ2v) is 6.30. The molecule has 3 rings (SSSR count). The monoisotopic (exact) mass is 313 g/mol. The molecule has 1 saturated carbocycles. The predicted octanol–water partition coefficient (Wildman–Crippen LogP) is 5.64. The molecule has 2 nitrogen and oxygen atoms in total. The van der Waals surface area contributed by atoms with Gasteiger partial charge in [-0.25, -0.2) is 0 Å². The molecule has 1 aliphatic carbocycles. The Balaban J connectivity index is 1.69. The number of hydrogen-bond acceptors (Lipinski definition) is 1. The van der Waals surface area contributed by atoms with Crippen LogP contribution in [0.2, 0.25) is 5.02 Å². The van der Waals surface area contributed by atoms with Crippen molar-refractivity contribution in [1.82, 2.24) is 0 Å². The van der Waals surface area contributed by atoms with Gasteiger partial charge in [-0.3, -0.25) is 4.79 Å². The van der Waals surface area contributed by atoms with E-state index in [0.29, 0.717) is 22.2 Å². The quantitative estimate of drug-likeness (QED) is 0.780. The van der Waals surface area contributed by atoms with Crippen molar-refractivity contribution in [2.45, 2.75) is 38.0 Å². The van der Waals surface area contributed by atoms with E-state index in [0.717, 1.165) is 0 Å². The normalized spacial score (nSPS) is 15.5. The van der Waals surface area contributed by atoms with Crippen LogP contribution < -0.4 is 5.32 Å². The average molecular weight is 314 g/mol. The summed E-state index contributed by atoms with van der Waals surface area (Å²) in [5.74, 6) is 0.540. The van der Waals surface area contributed by atoms with Gasteiger partial charge in [0.1, 0.15) is 0 Å². The van der Waals surface area contributed by atoms with E-state index < -0.39 is 0 Å². The Morgan fingerprint density at radius 1 is 0.955 bits per heavy atom. The molecule has 0 heterocycles. The minimum absolute atomic E-state index is 0.122. The van der Waals surface area contributed by atoms with Gasteiger partial charge in [-0.2, -0.15) is 0 Å². The summed E-state index contributed by atoms with van der Waals surface area (Å²) < 4.78 is 0. The molecule has 0 bridgehead atoms. The van der Waals surface area contributed by atoms with E-state index in [1.54, 1.807) is 12.1 Å². The lowest BCUT2D eigenvalue weighted by Crippen LogP contribution is -2.12. The van der Waals surface area contributed by atoms with Crippen LogP contribution in [0, 0.1) is 0 Å². The predicted molar refractivity (Wildman–Crippen MR) is 91.7 cm³/mol. The molecule has 0 unspecified atom stereocenters. The van der Waals surface area contributed by atoms with Crippen LogP contribution in [0.5, 0.6) is 0 Å². The highest BCUT2D eigenvalue weighted by molar-refractivity contribution is 6.33. The molecule has 2 aromatic rings. The number of nitrogens with one attached hydrogen (secondary N) is 1. The first-order valence-electron chi connectivity index (χ1n) is 7.90. The van der Waals surface area contributed by atoms with Gasteiger partial charge in [0.25, 0.3) is 5.91 Å². The lowest BCUT2D eigenvalue weighted by Gasteiger charge is -2.22. The summed E-state index contributed by atoms with van der Waals surface area (Å²) in [5, 5.41) is 3.41. The highest BCUT2D eigenvalue weighted by atomic mass is 35.5. The molecular formula is C19H20ClNO. The fraction of sp³-hybridized carbons (Fsp3) is 0.316. The Morgan fingerprint density at radius 3 is 2.32 bits per heavy atom. The van der Waals surface area contributed by atoms with Crippen molar-refractivity contribution < 1.29 is 4.79 Å². The molecule has 3 heteroatoms. The van der Waals surface area contributed by atoms with Crippen LogP contribution >= 0.6 is 11.6 Å². The van der Waals surface area contributed by atoms with Gasteiger partial charge in [0.15, 0.2) is 0 Å². The van der Waals surface area contributed by atoms with E-state index in [2.05, 4.69) is 17.4 Å². The number of benzene rings is 2. The fourth-order valence-electron chi connectivity index (χ4n) is 3.10. The molecule has 0 aliphatic heterocycles. The average Bonchev–Trinajstić information content (AvgIpc) is 2.58. The van der Waals surface area contributed by atoms with Gasteiger partial charge in [-0.15, -0.1) is 0 Å². The zero-order valence-electron chi connectivity index (χ0n) is 12.5. The van der Waals surface area contributed by atoms with E-state index in [4.69, 9.17) is 11.6 Å². The highest BCUT2D eigenvalue weighted by Gasteiger charge is 2.16. The van der Waals surface area contributed by atoms with E-state index >= 15 is 0 Å². The molecule has 1 N–H and O–H groups in total. The van der Waals surface area contributed by atoms with Crippen LogP contribution in [0.4, 0.5) is 5.69 Å². The molecule has 0 saturated heterocycles. The number of halogens is 1. The number of para-hydroxylation sites is 1. The third kappa shape index (κ3) is 3.50. The summed E-state index contributed by atoms with van der Waals surface area (Å²) in [5.41, 5.74) is 2.67. The Hall–Kier alpha value is -1.80.